The minimum Gasteiger partial charge on any atom is -0.326 e. The van der Waals surface area contributed by atoms with E-state index >= 15 is 0 Å². The van der Waals surface area contributed by atoms with Crippen molar-refractivity contribution in [2.45, 2.75) is 6.54 Å². The first-order valence-electron chi connectivity index (χ1n) is 3.23. The Morgan fingerprint density at radius 1 is 1.45 bits per heavy atom. The highest BCUT2D eigenvalue weighted by atomic mass is 35.5. The Bertz CT molecular complexity index is 249. The van der Waals surface area contributed by atoms with Crippen LogP contribution in [0.25, 0.3) is 0 Å². The van der Waals surface area contributed by atoms with Crippen molar-refractivity contribution in [1.82, 2.24) is 0 Å². The highest BCUT2D eigenvalue weighted by Gasteiger charge is 1.97. The number of nitrogen functional groups attached to an aromatic ring is 1. The predicted molar refractivity (Wildman–Crippen MR) is 47.2 cm³/mol. The van der Waals surface area contributed by atoms with Crippen LogP contribution in [0.2, 0.25) is 5.02 Å². The number of anilines is 1. The zero-order valence-corrected chi connectivity index (χ0v) is 6.73. The van der Waals surface area contributed by atoms with Crippen molar-refractivity contribution in [3.05, 3.63) is 28.8 Å². The molecule has 0 radical (unpaired) electrons. The second-order valence-electron chi connectivity index (χ2n) is 2.15. The Balaban J connectivity index is 3.02. The third-order valence-electron chi connectivity index (χ3n) is 1.43. The van der Waals surface area contributed by atoms with Gasteiger partial charge in [0, 0.05) is 17.3 Å². The number of hydrogen-bond donors (Lipinski definition) is 3. The molecule has 0 heterocycles. The Morgan fingerprint density at radius 3 is 2.73 bits per heavy atom. The molecular formula is C7H10ClN3. The molecule has 5 N–H and O–H groups in total. The van der Waals surface area contributed by atoms with E-state index in [4.69, 9.17) is 23.2 Å². The summed E-state index contributed by atoms with van der Waals surface area (Å²) in [6.07, 6.45) is 0. The van der Waals surface area contributed by atoms with E-state index in [1.165, 1.54) is 0 Å². The molecule has 0 saturated carbocycles. The normalized spacial score (nSPS) is 9.73. The molecule has 0 amide bonds. The quantitative estimate of drug-likeness (QED) is 0.461. The van der Waals surface area contributed by atoms with Crippen LogP contribution in [0.4, 0.5) is 5.69 Å². The third-order valence-corrected chi connectivity index (χ3v) is 1.80. The zero-order valence-electron chi connectivity index (χ0n) is 5.97. The van der Waals surface area contributed by atoms with Crippen molar-refractivity contribution in [2.24, 2.45) is 11.6 Å². The summed E-state index contributed by atoms with van der Waals surface area (Å²) in [6, 6.07) is 5.38. The Hall–Kier alpha value is -0.770. The van der Waals surface area contributed by atoms with Gasteiger partial charge in [0.15, 0.2) is 0 Å². The van der Waals surface area contributed by atoms with Gasteiger partial charge in [-0.2, -0.15) is 0 Å². The highest BCUT2D eigenvalue weighted by molar-refractivity contribution is 6.31. The third kappa shape index (κ3) is 1.83. The average molecular weight is 172 g/mol. The second kappa shape index (κ2) is 3.57. The van der Waals surface area contributed by atoms with E-state index < -0.39 is 0 Å². The Kier molecular flexibility index (Phi) is 2.70. The molecule has 1 rings (SSSR count). The molecule has 0 spiro atoms. The van der Waals surface area contributed by atoms with E-state index in [-0.39, 0.29) is 0 Å². The monoisotopic (exact) mass is 171 g/mol. The van der Waals surface area contributed by atoms with Gasteiger partial charge < -0.3 is 11.2 Å². The van der Waals surface area contributed by atoms with Gasteiger partial charge in [0.05, 0.1) is 0 Å². The summed E-state index contributed by atoms with van der Waals surface area (Å²) in [5.41, 5.74) is 9.64. The molecule has 0 bridgehead atoms. The lowest BCUT2D eigenvalue weighted by atomic mass is 10.2. The van der Waals surface area contributed by atoms with Gasteiger partial charge in [-0.05, 0) is 23.8 Å². The smallest absolute Gasteiger partial charge is 0.0489 e. The summed E-state index contributed by atoms with van der Waals surface area (Å²) in [6.45, 7) is 0.425. The molecule has 0 aliphatic rings. The number of nitrogens with one attached hydrogen (secondary N) is 1. The fraction of sp³-hybridized carbons (Fsp3) is 0.143. The Morgan fingerprint density at radius 2 is 2.18 bits per heavy atom. The number of hydrazine groups is 1. The second-order valence-corrected chi connectivity index (χ2v) is 2.56. The van der Waals surface area contributed by atoms with Crippen LogP contribution in [0, 0.1) is 0 Å². The topological polar surface area (TPSA) is 64.1 Å². The van der Waals surface area contributed by atoms with Crippen molar-refractivity contribution in [3.63, 3.8) is 0 Å². The molecule has 0 fully saturated rings. The molecule has 4 heteroatoms. The van der Waals surface area contributed by atoms with Crippen molar-refractivity contribution in [3.8, 4) is 0 Å². The lowest BCUT2D eigenvalue weighted by Gasteiger charge is -2.03. The number of nitrogens with two attached hydrogens (primary N) is 2. The van der Waals surface area contributed by atoms with Crippen molar-refractivity contribution in [1.29, 1.82) is 0 Å². The largest absolute Gasteiger partial charge is 0.326 e. The number of rotatable bonds is 2. The van der Waals surface area contributed by atoms with Crippen LogP contribution in [0.5, 0.6) is 0 Å². The lowest BCUT2D eigenvalue weighted by Crippen LogP contribution is -2.07. The highest BCUT2D eigenvalue weighted by Crippen LogP contribution is 2.18. The molecule has 11 heavy (non-hydrogen) atoms. The van der Waals surface area contributed by atoms with Crippen LogP contribution in [0.15, 0.2) is 18.2 Å². The maximum Gasteiger partial charge on any atom is 0.0489 e. The minimum atomic E-state index is 0.425. The molecular weight excluding hydrogens is 162 g/mol. The fourth-order valence-electron chi connectivity index (χ4n) is 0.821. The molecule has 0 atom stereocenters. The van der Waals surface area contributed by atoms with Gasteiger partial charge in [-0.25, -0.2) is 0 Å². The van der Waals surface area contributed by atoms with Gasteiger partial charge in [0.2, 0.25) is 0 Å². The first-order chi connectivity index (χ1) is 5.27. The summed E-state index contributed by atoms with van der Waals surface area (Å²) >= 11 is 5.80. The molecule has 0 saturated heterocycles. The molecule has 60 valence electrons. The SMILES string of the molecule is NCc1cc(NN)ccc1Cl. The standard InChI is InChI=1S/C7H10ClN3/c8-7-2-1-6(11-10)3-5(7)4-9/h1-3,11H,4,9-10H2. The van der Waals surface area contributed by atoms with Gasteiger partial charge in [-0.1, -0.05) is 11.6 Å². The summed E-state index contributed by atoms with van der Waals surface area (Å²) in [5.74, 6) is 5.19. The van der Waals surface area contributed by atoms with Gasteiger partial charge in [-0.3, -0.25) is 5.84 Å². The van der Waals surface area contributed by atoms with Crippen molar-refractivity contribution in [2.75, 3.05) is 5.43 Å². The lowest BCUT2D eigenvalue weighted by molar-refractivity contribution is 1.07. The molecule has 0 aliphatic carbocycles. The van der Waals surface area contributed by atoms with E-state index in [0.717, 1.165) is 11.3 Å². The van der Waals surface area contributed by atoms with Crippen molar-refractivity contribution < 1.29 is 0 Å². The number of hydrogen-bond acceptors (Lipinski definition) is 3. The van der Waals surface area contributed by atoms with E-state index in [2.05, 4.69) is 5.43 Å². The first-order valence-corrected chi connectivity index (χ1v) is 3.61. The van der Waals surface area contributed by atoms with Gasteiger partial charge >= 0.3 is 0 Å². The van der Waals surface area contributed by atoms with Crippen LogP contribution in [0.3, 0.4) is 0 Å². The van der Waals surface area contributed by atoms with Gasteiger partial charge in [0.1, 0.15) is 0 Å². The average Bonchev–Trinajstić information content (AvgIpc) is 2.05. The zero-order chi connectivity index (χ0) is 8.27. The van der Waals surface area contributed by atoms with Crippen LogP contribution in [-0.2, 0) is 6.54 Å². The van der Waals surface area contributed by atoms with Crippen LogP contribution >= 0.6 is 11.6 Å². The van der Waals surface area contributed by atoms with Crippen LogP contribution < -0.4 is 17.0 Å². The summed E-state index contributed by atoms with van der Waals surface area (Å²) in [4.78, 5) is 0. The van der Waals surface area contributed by atoms with Crippen LogP contribution in [0.1, 0.15) is 5.56 Å². The van der Waals surface area contributed by atoms with Crippen LogP contribution in [-0.4, -0.2) is 0 Å². The first kappa shape index (κ1) is 8.33. The summed E-state index contributed by atoms with van der Waals surface area (Å²) in [7, 11) is 0. The Labute approximate surface area is 70.3 Å². The molecule has 0 aromatic heterocycles. The van der Waals surface area contributed by atoms with Crippen molar-refractivity contribution >= 4 is 17.3 Å². The van der Waals surface area contributed by atoms with Gasteiger partial charge in [0.25, 0.3) is 0 Å². The molecule has 1 aromatic rings. The van der Waals surface area contributed by atoms with E-state index in [0.29, 0.717) is 11.6 Å². The molecule has 3 nitrogen and oxygen atoms in total. The van der Waals surface area contributed by atoms with E-state index in [1.54, 1.807) is 12.1 Å². The summed E-state index contributed by atoms with van der Waals surface area (Å²) < 4.78 is 0. The fourth-order valence-corrected chi connectivity index (χ4v) is 1.02. The van der Waals surface area contributed by atoms with E-state index in [1.807, 2.05) is 6.07 Å². The maximum absolute atomic E-state index is 5.80. The maximum atomic E-state index is 5.80. The molecule has 0 aliphatic heterocycles. The summed E-state index contributed by atoms with van der Waals surface area (Å²) in [5, 5.41) is 0.673. The number of benzene rings is 1. The van der Waals surface area contributed by atoms with Gasteiger partial charge in [-0.15, -0.1) is 0 Å². The van der Waals surface area contributed by atoms with E-state index in [9.17, 15) is 0 Å². The minimum absolute atomic E-state index is 0.425. The molecule has 1 aromatic carbocycles. The number of halogens is 1. The predicted octanol–water partition coefficient (Wildman–Crippen LogP) is 1.08. The molecule has 0 unspecified atom stereocenters.